The molecule has 7 heteroatoms. The largest absolute Gasteiger partial charge is 0.349 e. The third kappa shape index (κ3) is 5.34. The summed E-state index contributed by atoms with van der Waals surface area (Å²) in [6.45, 7) is 3.82. The van der Waals surface area contributed by atoms with Crippen LogP contribution in [-0.2, 0) is 18.4 Å². The van der Waals surface area contributed by atoms with E-state index in [2.05, 4.69) is 5.32 Å². The summed E-state index contributed by atoms with van der Waals surface area (Å²) in [6.07, 6.45) is -0.134. The molecule has 0 saturated heterocycles. The fourth-order valence-corrected chi connectivity index (χ4v) is 2.19. The molecule has 0 heterocycles. The van der Waals surface area contributed by atoms with Gasteiger partial charge in [0.15, 0.2) is 0 Å². The van der Waals surface area contributed by atoms with Gasteiger partial charge in [0.05, 0.1) is 19.8 Å². The summed E-state index contributed by atoms with van der Waals surface area (Å²) < 4.78 is 21.6. The molecule has 0 rings (SSSR count). The number of hydrogen-bond acceptors (Lipinski definition) is 5. The molecule has 0 saturated carbocycles. The van der Waals surface area contributed by atoms with Gasteiger partial charge < -0.3 is 20.1 Å². The average molecular weight is 224 g/mol. The second-order valence-corrected chi connectivity index (χ2v) is 4.46. The van der Waals surface area contributed by atoms with Crippen LogP contribution in [0.25, 0.3) is 0 Å². The molecule has 84 valence electrons. The number of amides is 1. The Morgan fingerprint density at radius 3 is 2.21 bits per heavy atom. The van der Waals surface area contributed by atoms with Gasteiger partial charge in [-0.3, -0.25) is 9.36 Å². The molecule has 0 aliphatic rings. The van der Waals surface area contributed by atoms with Crippen molar-refractivity contribution in [3.05, 3.63) is 0 Å². The van der Waals surface area contributed by atoms with E-state index < -0.39 is 7.60 Å². The normalized spacial score (nSPS) is 11.4. The number of rotatable bonds is 7. The summed E-state index contributed by atoms with van der Waals surface area (Å²) in [5.41, 5.74) is 5.07. The third-order valence-corrected chi connectivity index (χ3v) is 3.16. The summed E-state index contributed by atoms with van der Waals surface area (Å²) in [6, 6.07) is 0. The Morgan fingerprint density at radius 1 is 1.36 bits per heavy atom. The van der Waals surface area contributed by atoms with Gasteiger partial charge in [-0.15, -0.1) is 0 Å². The Bertz CT molecular complexity index is 212. The summed E-state index contributed by atoms with van der Waals surface area (Å²) in [7, 11) is -3.17. The van der Waals surface area contributed by atoms with Crippen molar-refractivity contribution in [1.82, 2.24) is 5.32 Å². The first-order valence-corrected chi connectivity index (χ1v) is 6.15. The molecule has 0 aromatic rings. The summed E-state index contributed by atoms with van der Waals surface area (Å²) in [5.74, 6) is -0.385. The highest BCUT2D eigenvalue weighted by Gasteiger charge is 2.23. The van der Waals surface area contributed by atoms with Crippen LogP contribution in [0.3, 0.4) is 0 Å². The van der Waals surface area contributed by atoms with Gasteiger partial charge in [0, 0.05) is 0 Å². The average Bonchev–Trinajstić information content (AvgIpc) is 2.15. The minimum atomic E-state index is -3.17. The first-order chi connectivity index (χ1) is 6.58. The number of hydrogen-bond donors (Lipinski definition) is 2. The van der Waals surface area contributed by atoms with Gasteiger partial charge in [0.25, 0.3) is 0 Å². The van der Waals surface area contributed by atoms with Crippen LogP contribution in [0.15, 0.2) is 0 Å². The molecule has 0 aromatic carbocycles. The molecule has 0 aromatic heterocycles. The van der Waals surface area contributed by atoms with E-state index in [4.69, 9.17) is 14.8 Å². The van der Waals surface area contributed by atoms with E-state index >= 15 is 0 Å². The molecule has 6 nitrogen and oxygen atoms in total. The zero-order valence-electron chi connectivity index (χ0n) is 8.49. The predicted octanol–water partition coefficient (Wildman–Crippen LogP) is 0.285. The molecule has 0 bridgehead atoms. The van der Waals surface area contributed by atoms with E-state index in [1.807, 2.05) is 0 Å². The van der Waals surface area contributed by atoms with Crippen LogP contribution in [0.4, 0.5) is 0 Å². The Morgan fingerprint density at radius 2 is 1.86 bits per heavy atom. The summed E-state index contributed by atoms with van der Waals surface area (Å²) >= 11 is 0. The van der Waals surface area contributed by atoms with E-state index in [0.717, 1.165) is 0 Å². The zero-order valence-corrected chi connectivity index (χ0v) is 9.38. The van der Waals surface area contributed by atoms with E-state index in [1.54, 1.807) is 13.8 Å². The molecule has 0 aliphatic heterocycles. The molecule has 3 N–H and O–H groups in total. The molecular weight excluding hydrogens is 207 g/mol. The lowest BCUT2D eigenvalue weighted by atomic mass is 10.6. The van der Waals surface area contributed by atoms with Gasteiger partial charge >= 0.3 is 7.60 Å². The lowest BCUT2D eigenvalue weighted by Crippen LogP contribution is -2.31. The van der Waals surface area contributed by atoms with Crippen LogP contribution in [0.5, 0.6) is 0 Å². The SMILES string of the molecule is CCOP(=O)(CNC(=O)CN)OCC. The molecule has 1 amide bonds. The maximum atomic E-state index is 11.7. The number of nitrogens with one attached hydrogen (secondary N) is 1. The van der Waals surface area contributed by atoms with Gasteiger partial charge in [0.2, 0.25) is 5.91 Å². The van der Waals surface area contributed by atoms with Crippen LogP contribution in [0, 0.1) is 0 Å². The molecule has 14 heavy (non-hydrogen) atoms. The maximum Gasteiger partial charge on any atom is 0.349 e. The smallest absolute Gasteiger partial charge is 0.343 e. The first kappa shape index (κ1) is 13.6. The standard InChI is InChI=1S/C7H17N2O4P/c1-3-12-14(11,13-4-2)6-9-7(10)5-8/h3-6,8H2,1-2H3,(H,9,10). The van der Waals surface area contributed by atoms with E-state index in [-0.39, 0.29) is 32.0 Å². The summed E-state index contributed by atoms with van der Waals surface area (Å²) in [5, 5.41) is 2.37. The lowest BCUT2D eigenvalue weighted by molar-refractivity contribution is -0.119. The predicted molar refractivity (Wildman–Crippen MR) is 52.9 cm³/mol. The third-order valence-electron chi connectivity index (χ3n) is 1.31. The van der Waals surface area contributed by atoms with Crippen molar-refractivity contribution in [3.8, 4) is 0 Å². The number of carbonyl (C=O) groups excluding carboxylic acids is 1. The fourth-order valence-electron chi connectivity index (χ4n) is 0.779. The topological polar surface area (TPSA) is 90.7 Å². The molecular formula is C7H17N2O4P. The van der Waals surface area contributed by atoms with Crippen molar-refractivity contribution in [1.29, 1.82) is 0 Å². The molecule has 0 unspecified atom stereocenters. The highest BCUT2D eigenvalue weighted by atomic mass is 31.2. The minimum absolute atomic E-state index is 0.134. The lowest BCUT2D eigenvalue weighted by Gasteiger charge is -2.16. The van der Waals surface area contributed by atoms with Crippen LogP contribution >= 0.6 is 7.60 Å². The van der Waals surface area contributed by atoms with Gasteiger partial charge in [-0.25, -0.2) is 0 Å². The fraction of sp³-hybridized carbons (Fsp3) is 0.857. The van der Waals surface area contributed by atoms with Crippen molar-refractivity contribution >= 4 is 13.5 Å². The van der Waals surface area contributed by atoms with Crippen molar-refractivity contribution < 1.29 is 18.4 Å². The summed E-state index contributed by atoms with van der Waals surface area (Å²) in [4.78, 5) is 10.8. The van der Waals surface area contributed by atoms with E-state index in [0.29, 0.717) is 0 Å². The van der Waals surface area contributed by atoms with Crippen molar-refractivity contribution in [2.45, 2.75) is 13.8 Å². The Kier molecular flexibility index (Phi) is 6.74. The van der Waals surface area contributed by atoms with Crippen LogP contribution in [0.1, 0.15) is 13.8 Å². The quantitative estimate of drug-likeness (QED) is 0.606. The molecule has 0 fully saturated rings. The van der Waals surface area contributed by atoms with Gasteiger partial charge in [0.1, 0.15) is 6.29 Å². The molecule has 0 spiro atoms. The maximum absolute atomic E-state index is 11.7. The van der Waals surface area contributed by atoms with E-state index in [1.165, 1.54) is 0 Å². The Hall–Kier alpha value is -0.420. The van der Waals surface area contributed by atoms with Crippen molar-refractivity contribution in [2.24, 2.45) is 5.73 Å². The van der Waals surface area contributed by atoms with Crippen LogP contribution in [0.2, 0.25) is 0 Å². The molecule has 0 radical (unpaired) electrons. The first-order valence-electron chi connectivity index (χ1n) is 4.42. The van der Waals surface area contributed by atoms with Crippen LogP contribution in [-0.4, -0.2) is 32.0 Å². The van der Waals surface area contributed by atoms with Gasteiger partial charge in [-0.2, -0.15) is 0 Å². The highest BCUT2D eigenvalue weighted by molar-refractivity contribution is 7.53. The van der Waals surface area contributed by atoms with Gasteiger partial charge in [-0.1, -0.05) is 0 Å². The van der Waals surface area contributed by atoms with Crippen molar-refractivity contribution in [3.63, 3.8) is 0 Å². The number of nitrogens with two attached hydrogens (primary N) is 1. The molecule has 0 atom stereocenters. The monoisotopic (exact) mass is 224 g/mol. The Labute approximate surface area is 83.7 Å². The second kappa shape index (κ2) is 6.95. The second-order valence-electron chi connectivity index (χ2n) is 2.41. The van der Waals surface area contributed by atoms with Crippen molar-refractivity contribution in [2.75, 3.05) is 26.0 Å². The zero-order chi connectivity index (χ0) is 11.0. The van der Waals surface area contributed by atoms with Gasteiger partial charge in [-0.05, 0) is 13.8 Å². The minimum Gasteiger partial charge on any atom is -0.343 e. The van der Waals surface area contributed by atoms with Crippen LogP contribution < -0.4 is 11.1 Å². The van der Waals surface area contributed by atoms with E-state index in [9.17, 15) is 9.36 Å². The highest BCUT2D eigenvalue weighted by Crippen LogP contribution is 2.46. The molecule has 0 aliphatic carbocycles. The Balaban J connectivity index is 4.08. The number of carbonyl (C=O) groups is 1.